The number of nitrogens with zero attached hydrogens (tertiary/aromatic N) is 1. The summed E-state index contributed by atoms with van der Waals surface area (Å²) in [5.74, 6) is 4.78. The van der Waals surface area contributed by atoms with Gasteiger partial charge in [0.1, 0.15) is 0 Å². The van der Waals surface area contributed by atoms with Gasteiger partial charge in [-0.05, 0) is 49.0 Å². The Labute approximate surface area is 108 Å². The number of aromatic nitrogens is 1. The fraction of sp³-hybridized carbons (Fsp3) is 0.667. The van der Waals surface area contributed by atoms with Crippen LogP contribution in [0.15, 0.2) is 18.2 Å². The quantitative estimate of drug-likeness (QED) is 0.882. The van der Waals surface area contributed by atoms with Crippen LogP contribution < -0.4 is 10.1 Å². The van der Waals surface area contributed by atoms with Gasteiger partial charge in [-0.25, -0.2) is 4.98 Å². The number of fused-ring (bicyclic) bond motifs is 5. The lowest BCUT2D eigenvalue weighted by atomic mass is 10.0. The highest BCUT2D eigenvalue weighted by Gasteiger charge is 2.64. The van der Waals surface area contributed by atoms with Crippen molar-refractivity contribution in [3.8, 4) is 5.88 Å². The predicted molar refractivity (Wildman–Crippen MR) is 69.2 cm³/mol. The van der Waals surface area contributed by atoms with Crippen molar-refractivity contribution >= 4 is 0 Å². The zero-order chi connectivity index (χ0) is 12.1. The van der Waals surface area contributed by atoms with Crippen molar-refractivity contribution in [2.75, 3.05) is 7.11 Å². The Morgan fingerprint density at radius 1 is 1.28 bits per heavy atom. The van der Waals surface area contributed by atoms with E-state index < -0.39 is 0 Å². The SMILES string of the molecule is COc1cccc(CNC2C3C4CCC(C4)C23)n1. The van der Waals surface area contributed by atoms with Crippen LogP contribution >= 0.6 is 0 Å². The average molecular weight is 244 g/mol. The largest absolute Gasteiger partial charge is 0.481 e. The maximum atomic E-state index is 5.16. The molecule has 3 saturated carbocycles. The van der Waals surface area contributed by atoms with Crippen LogP contribution in [-0.2, 0) is 6.54 Å². The lowest BCUT2D eigenvalue weighted by Crippen LogP contribution is -2.23. The maximum Gasteiger partial charge on any atom is 0.213 e. The molecule has 0 saturated heterocycles. The minimum absolute atomic E-state index is 0.713. The minimum atomic E-state index is 0.713. The van der Waals surface area contributed by atoms with Gasteiger partial charge in [-0.3, -0.25) is 0 Å². The summed E-state index contributed by atoms with van der Waals surface area (Å²) < 4.78 is 5.16. The van der Waals surface area contributed by atoms with Crippen LogP contribution in [0.1, 0.15) is 25.0 Å². The van der Waals surface area contributed by atoms with E-state index in [2.05, 4.69) is 16.4 Å². The maximum absolute atomic E-state index is 5.16. The second-order valence-corrected chi connectivity index (χ2v) is 6.07. The van der Waals surface area contributed by atoms with E-state index in [-0.39, 0.29) is 0 Å². The number of hydrogen-bond acceptors (Lipinski definition) is 3. The molecule has 0 amide bonds. The number of nitrogens with one attached hydrogen (secondary N) is 1. The van der Waals surface area contributed by atoms with Gasteiger partial charge in [-0.2, -0.15) is 0 Å². The summed E-state index contributed by atoms with van der Waals surface area (Å²) in [6.07, 6.45) is 4.49. The summed E-state index contributed by atoms with van der Waals surface area (Å²) in [4.78, 5) is 4.45. The molecule has 0 aliphatic heterocycles. The van der Waals surface area contributed by atoms with Crippen molar-refractivity contribution in [2.24, 2.45) is 23.7 Å². The first kappa shape index (κ1) is 10.8. The van der Waals surface area contributed by atoms with Gasteiger partial charge < -0.3 is 10.1 Å². The molecule has 1 aromatic heterocycles. The lowest BCUT2D eigenvalue weighted by molar-refractivity contribution is 0.394. The monoisotopic (exact) mass is 244 g/mol. The molecule has 4 rings (SSSR count). The molecule has 18 heavy (non-hydrogen) atoms. The molecular weight excluding hydrogens is 224 g/mol. The molecular formula is C15H20N2O. The van der Waals surface area contributed by atoms with Gasteiger partial charge in [0.05, 0.1) is 12.8 Å². The zero-order valence-electron chi connectivity index (χ0n) is 10.8. The highest BCUT2D eigenvalue weighted by molar-refractivity contribution is 5.19. The molecule has 3 heteroatoms. The fourth-order valence-corrected chi connectivity index (χ4v) is 4.49. The van der Waals surface area contributed by atoms with Gasteiger partial charge in [-0.15, -0.1) is 0 Å². The molecule has 1 aromatic rings. The van der Waals surface area contributed by atoms with Crippen LogP contribution in [0, 0.1) is 23.7 Å². The second kappa shape index (κ2) is 3.95. The first-order valence-electron chi connectivity index (χ1n) is 7.10. The van der Waals surface area contributed by atoms with E-state index >= 15 is 0 Å². The van der Waals surface area contributed by atoms with Crippen molar-refractivity contribution in [3.63, 3.8) is 0 Å². The minimum Gasteiger partial charge on any atom is -0.481 e. The van der Waals surface area contributed by atoms with Gasteiger partial charge >= 0.3 is 0 Å². The molecule has 2 bridgehead atoms. The number of methoxy groups -OCH3 is 1. The standard InChI is InChI=1S/C15H20N2O/c1-18-12-4-2-3-11(17-12)8-16-15-13-9-5-6-10(7-9)14(13)15/h2-4,9-10,13-16H,5-8H2,1H3. The van der Waals surface area contributed by atoms with E-state index in [1.807, 2.05) is 12.1 Å². The Morgan fingerprint density at radius 3 is 2.78 bits per heavy atom. The first-order chi connectivity index (χ1) is 8.86. The molecule has 3 aliphatic rings. The summed E-state index contributed by atoms with van der Waals surface area (Å²) in [5, 5.41) is 3.71. The smallest absolute Gasteiger partial charge is 0.213 e. The Morgan fingerprint density at radius 2 is 2.06 bits per heavy atom. The molecule has 4 atom stereocenters. The summed E-state index contributed by atoms with van der Waals surface area (Å²) in [7, 11) is 1.67. The predicted octanol–water partition coefficient (Wildman–Crippen LogP) is 2.22. The highest BCUT2D eigenvalue weighted by atomic mass is 16.5. The van der Waals surface area contributed by atoms with Gasteiger partial charge in [0, 0.05) is 18.7 Å². The summed E-state index contributed by atoms with van der Waals surface area (Å²) in [5.41, 5.74) is 1.09. The molecule has 3 fully saturated rings. The van der Waals surface area contributed by atoms with Crippen molar-refractivity contribution in [2.45, 2.75) is 31.8 Å². The van der Waals surface area contributed by atoms with Crippen LogP contribution in [0.5, 0.6) is 5.88 Å². The second-order valence-electron chi connectivity index (χ2n) is 6.07. The Balaban J connectivity index is 1.37. The molecule has 0 spiro atoms. The molecule has 0 radical (unpaired) electrons. The van der Waals surface area contributed by atoms with Crippen LogP contribution in [-0.4, -0.2) is 18.1 Å². The van der Waals surface area contributed by atoms with Gasteiger partial charge in [0.15, 0.2) is 0 Å². The van der Waals surface area contributed by atoms with E-state index in [0.29, 0.717) is 5.88 Å². The number of hydrogen-bond donors (Lipinski definition) is 1. The van der Waals surface area contributed by atoms with E-state index in [0.717, 1.165) is 42.0 Å². The third-order valence-electron chi connectivity index (χ3n) is 5.24. The molecule has 4 unspecified atom stereocenters. The Hall–Kier alpha value is -1.09. The third kappa shape index (κ3) is 1.57. The molecule has 3 aliphatic carbocycles. The van der Waals surface area contributed by atoms with Crippen molar-refractivity contribution in [1.82, 2.24) is 10.3 Å². The van der Waals surface area contributed by atoms with Gasteiger partial charge in [-0.1, -0.05) is 6.07 Å². The molecule has 1 N–H and O–H groups in total. The topological polar surface area (TPSA) is 34.1 Å². The van der Waals surface area contributed by atoms with Crippen LogP contribution in [0.25, 0.3) is 0 Å². The summed E-state index contributed by atoms with van der Waals surface area (Å²) >= 11 is 0. The fourth-order valence-electron chi connectivity index (χ4n) is 4.49. The zero-order valence-corrected chi connectivity index (χ0v) is 10.8. The third-order valence-corrected chi connectivity index (χ3v) is 5.24. The number of ether oxygens (including phenoxy) is 1. The summed E-state index contributed by atoms with van der Waals surface area (Å²) in [6.45, 7) is 0.883. The Kier molecular flexibility index (Phi) is 2.37. The lowest BCUT2D eigenvalue weighted by Gasteiger charge is -2.10. The first-order valence-corrected chi connectivity index (χ1v) is 7.10. The number of pyridine rings is 1. The Bertz CT molecular complexity index is 446. The van der Waals surface area contributed by atoms with Crippen molar-refractivity contribution in [1.29, 1.82) is 0 Å². The van der Waals surface area contributed by atoms with E-state index in [1.54, 1.807) is 7.11 Å². The van der Waals surface area contributed by atoms with E-state index in [1.165, 1.54) is 19.3 Å². The molecule has 3 nitrogen and oxygen atoms in total. The summed E-state index contributed by atoms with van der Waals surface area (Å²) in [6, 6.07) is 6.77. The molecule has 1 heterocycles. The van der Waals surface area contributed by atoms with Crippen LogP contribution in [0.4, 0.5) is 0 Å². The van der Waals surface area contributed by atoms with Crippen molar-refractivity contribution < 1.29 is 4.74 Å². The molecule has 96 valence electrons. The molecule has 0 aromatic carbocycles. The average Bonchev–Trinajstić information content (AvgIpc) is 2.80. The van der Waals surface area contributed by atoms with E-state index in [9.17, 15) is 0 Å². The van der Waals surface area contributed by atoms with Crippen LogP contribution in [0.2, 0.25) is 0 Å². The normalized spacial score (nSPS) is 39.7. The van der Waals surface area contributed by atoms with Gasteiger partial charge in [0.2, 0.25) is 5.88 Å². The van der Waals surface area contributed by atoms with Crippen LogP contribution in [0.3, 0.4) is 0 Å². The van der Waals surface area contributed by atoms with E-state index in [4.69, 9.17) is 4.74 Å². The number of rotatable bonds is 4. The van der Waals surface area contributed by atoms with Crippen molar-refractivity contribution in [3.05, 3.63) is 23.9 Å². The van der Waals surface area contributed by atoms with Gasteiger partial charge in [0.25, 0.3) is 0 Å². The highest BCUT2D eigenvalue weighted by Crippen LogP contribution is 2.65.